The highest BCUT2D eigenvalue weighted by atomic mass is 16.5. The van der Waals surface area contributed by atoms with Crippen molar-refractivity contribution < 1.29 is 14.2 Å². The summed E-state index contributed by atoms with van der Waals surface area (Å²) >= 11 is 0. The van der Waals surface area contributed by atoms with Crippen LogP contribution in [0.4, 0.5) is 0 Å². The Morgan fingerprint density at radius 1 is 1.35 bits per heavy atom. The Morgan fingerprint density at radius 2 is 2.25 bits per heavy atom. The molecule has 4 heteroatoms. The van der Waals surface area contributed by atoms with E-state index < -0.39 is 0 Å². The van der Waals surface area contributed by atoms with E-state index in [-0.39, 0.29) is 0 Å². The molecule has 2 heterocycles. The van der Waals surface area contributed by atoms with Crippen LogP contribution in [0.15, 0.2) is 18.2 Å². The zero-order valence-corrected chi connectivity index (χ0v) is 12.2. The summed E-state index contributed by atoms with van der Waals surface area (Å²) in [5, 5.41) is 3.61. The molecule has 0 spiro atoms. The Labute approximate surface area is 120 Å². The first-order valence-corrected chi connectivity index (χ1v) is 7.49. The molecular formula is C16H23NO3. The van der Waals surface area contributed by atoms with Crippen LogP contribution in [0.5, 0.6) is 11.5 Å². The molecule has 0 saturated carbocycles. The molecule has 1 aromatic carbocycles. The molecule has 0 amide bonds. The molecule has 2 fully saturated rings. The highest BCUT2D eigenvalue weighted by Gasteiger charge is 2.40. The van der Waals surface area contributed by atoms with E-state index in [9.17, 15) is 0 Å². The summed E-state index contributed by atoms with van der Waals surface area (Å²) in [6.07, 6.45) is 4.44. The van der Waals surface area contributed by atoms with Gasteiger partial charge in [-0.25, -0.2) is 0 Å². The third kappa shape index (κ3) is 2.63. The first-order valence-electron chi connectivity index (χ1n) is 7.49. The van der Waals surface area contributed by atoms with Crippen LogP contribution in [0.3, 0.4) is 0 Å². The van der Waals surface area contributed by atoms with Gasteiger partial charge in [0.2, 0.25) is 0 Å². The van der Waals surface area contributed by atoms with Gasteiger partial charge in [-0.05, 0) is 32.3 Å². The van der Waals surface area contributed by atoms with Gasteiger partial charge in [0.1, 0.15) is 0 Å². The molecular weight excluding hydrogens is 254 g/mol. The zero-order valence-electron chi connectivity index (χ0n) is 12.2. The van der Waals surface area contributed by atoms with Gasteiger partial charge in [-0.1, -0.05) is 12.1 Å². The summed E-state index contributed by atoms with van der Waals surface area (Å²) in [6, 6.07) is 6.53. The van der Waals surface area contributed by atoms with Gasteiger partial charge in [0.25, 0.3) is 0 Å². The number of nitrogens with one attached hydrogen (secondary N) is 1. The molecule has 0 radical (unpaired) electrons. The standard InChI is InChI=1S/C16H23NO3/c1-3-19-15-6-4-5-11(16(15)18-2)10-17-13-9-12-7-8-14(13)20-12/h4-6,12-14,17H,3,7-10H2,1-2H3. The molecule has 2 aliphatic heterocycles. The van der Waals surface area contributed by atoms with Gasteiger partial charge >= 0.3 is 0 Å². The minimum Gasteiger partial charge on any atom is -0.493 e. The first-order chi connectivity index (χ1) is 9.81. The SMILES string of the molecule is CCOc1cccc(CNC2CC3CCC2O3)c1OC. The van der Waals surface area contributed by atoms with Crippen molar-refractivity contribution in [3.8, 4) is 11.5 Å². The molecule has 1 aromatic rings. The molecule has 3 unspecified atom stereocenters. The summed E-state index contributed by atoms with van der Waals surface area (Å²) in [5.41, 5.74) is 1.14. The fourth-order valence-corrected chi connectivity index (χ4v) is 3.30. The number of rotatable bonds is 6. The quantitative estimate of drug-likeness (QED) is 0.867. The van der Waals surface area contributed by atoms with Gasteiger partial charge in [-0.2, -0.15) is 0 Å². The van der Waals surface area contributed by atoms with Crippen molar-refractivity contribution in [2.24, 2.45) is 0 Å². The monoisotopic (exact) mass is 277 g/mol. The molecule has 110 valence electrons. The van der Waals surface area contributed by atoms with E-state index in [1.54, 1.807) is 7.11 Å². The Hall–Kier alpha value is -1.26. The zero-order chi connectivity index (χ0) is 13.9. The predicted molar refractivity (Wildman–Crippen MR) is 77.3 cm³/mol. The molecule has 2 aliphatic rings. The van der Waals surface area contributed by atoms with Gasteiger partial charge in [-0.15, -0.1) is 0 Å². The number of hydrogen-bond donors (Lipinski definition) is 1. The van der Waals surface area contributed by atoms with E-state index in [1.807, 2.05) is 19.1 Å². The molecule has 20 heavy (non-hydrogen) atoms. The van der Waals surface area contributed by atoms with Crippen molar-refractivity contribution in [3.05, 3.63) is 23.8 Å². The minimum absolute atomic E-state index is 0.404. The van der Waals surface area contributed by atoms with Crippen LogP contribution in [0.2, 0.25) is 0 Å². The summed E-state index contributed by atoms with van der Waals surface area (Å²) in [7, 11) is 1.70. The van der Waals surface area contributed by atoms with Crippen molar-refractivity contribution >= 4 is 0 Å². The molecule has 3 rings (SSSR count). The Morgan fingerprint density at radius 3 is 2.90 bits per heavy atom. The topological polar surface area (TPSA) is 39.7 Å². The average Bonchev–Trinajstić information content (AvgIpc) is 3.08. The first kappa shape index (κ1) is 13.7. The van der Waals surface area contributed by atoms with Gasteiger partial charge in [0.05, 0.1) is 25.9 Å². The Balaban J connectivity index is 1.66. The molecule has 3 atom stereocenters. The third-order valence-corrected chi connectivity index (χ3v) is 4.23. The normalized spacial score (nSPS) is 27.8. The van der Waals surface area contributed by atoms with Crippen molar-refractivity contribution in [3.63, 3.8) is 0 Å². The van der Waals surface area contributed by atoms with Crippen LogP contribution in [-0.4, -0.2) is 32.0 Å². The lowest BCUT2D eigenvalue weighted by Crippen LogP contribution is -2.37. The number of methoxy groups -OCH3 is 1. The summed E-state index contributed by atoms with van der Waals surface area (Å²) in [5.74, 6) is 1.66. The second kappa shape index (κ2) is 6.02. The highest BCUT2D eigenvalue weighted by Crippen LogP contribution is 2.35. The van der Waals surface area contributed by atoms with E-state index >= 15 is 0 Å². The third-order valence-electron chi connectivity index (χ3n) is 4.23. The van der Waals surface area contributed by atoms with Crippen molar-refractivity contribution in [2.45, 2.75) is 51.0 Å². The summed E-state index contributed by atoms with van der Waals surface area (Å²) in [4.78, 5) is 0. The van der Waals surface area contributed by atoms with Crippen LogP contribution >= 0.6 is 0 Å². The molecule has 0 aromatic heterocycles. The number of benzene rings is 1. The summed E-state index contributed by atoms with van der Waals surface area (Å²) in [6.45, 7) is 3.42. The van der Waals surface area contributed by atoms with Gasteiger partial charge in [0, 0.05) is 18.2 Å². The van der Waals surface area contributed by atoms with E-state index in [2.05, 4.69) is 11.4 Å². The lowest BCUT2D eigenvalue weighted by molar-refractivity contribution is 0.0972. The van der Waals surface area contributed by atoms with Gasteiger partial charge in [-0.3, -0.25) is 0 Å². The molecule has 2 saturated heterocycles. The highest BCUT2D eigenvalue weighted by molar-refractivity contribution is 5.46. The van der Waals surface area contributed by atoms with Gasteiger partial charge < -0.3 is 19.5 Å². The fourth-order valence-electron chi connectivity index (χ4n) is 3.30. The Kier molecular flexibility index (Phi) is 4.13. The van der Waals surface area contributed by atoms with Crippen molar-refractivity contribution in [2.75, 3.05) is 13.7 Å². The number of ether oxygens (including phenoxy) is 3. The van der Waals surface area contributed by atoms with Gasteiger partial charge in [0.15, 0.2) is 11.5 Å². The predicted octanol–water partition coefficient (Wildman–Crippen LogP) is 2.50. The fraction of sp³-hybridized carbons (Fsp3) is 0.625. The van der Waals surface area contributed by atoms with Crippen LogP contribution in [0, 0.1) is 0 Å². The maximum atomic E-state index is 5.87. The van der Waals surface area contributed by atoms with Crippen molar-refractivity contribution in [1.29, 1.82) is 0 Å². The minimum atomic E-state index is 0.404. The van der Waals surface area contributed by atoms with E-state index in [0.717, 1.165) is 30.0 Å². The van der Waals surface area contributed by atoms with Crippen molar-refractivity contribution in [1.82, 2.24) is 5.32 Å². The average molecular weight is 277 g/mol. The van der Waals surface area contributed by atoms with E-state index in [0.29, 0.717) is 24.9 Å². The number of hydrogen-bond acceptors (Lipinski definition) is 4. The smallest absolute Gasteiger partial charge is 0.165 e. The number of fused-ring (bicyclic) bond motifs is 2. The largest absolute Gasteiger partial charge is 0.493 e. The maximum Gasteiger partial charge on any atom is 0.165 e. The molecule has 2 bridgehead atoms. The van der Waals surface area contributed by atoms with Crippen LogP contribution in [-0.2, 0) is 11.3 Å². The second-order valence-corrected chi connectivity index (χ2v) is 5.48. The van der Waals surface area contributed by atoms with E-state index in [1.165, 1.54) is 12.8 Å². The number of para-hydroxylation sites is 1. The second-order valence-electron chi connectivity index (χ2n) is 5.48. The lowest BCUT2D eigenvalue weighted by Gasteiger charge is -2.21. The molecule has 0 aliphatic carbocycles. The molecule has 1 N–H and O–H groups in total. The van der Waals surface area contributed by atoms with Crippen LogP contribution in [0.25, 0.3) is 0 Å². The summed E-state index contributed by atoms with van der Waals surface area (Å²) < 4.78 is 17.0. The Bertz CT molecular complexity index is 463. The maximum absolute atomic E-state index is 5.87. The van der Waals surface area contributed by atoms with Crippen LogP contribution < -0.4 is 14.8 Å². The lowest BCUT2D eigenvalue weighted by atomic mass is 9.95. The van der Waals surface area contributed by atoms with E-state index in [4.69, 9.17) is 14.2 Å². The molecule has 4 nitrogen and oxygen atoms in total. The van der Waals surface area contributed by atoms with Crippen LogP contribution in [0.1, 0.15) is 31.7 Å².